The molecule has 0 saturated carbocycles. The van der Waals surface area contributed by atoms with Gasteiger partial charge in [0.25, 0.3) is 0 Å². The molecule has 2 rings (SSSR count). The maximum absolute atomic E-state index is 8.89. The number of hydrogen-bond donors (Lipinski definition) is 1. The van der Waals surface area contributed by atoms with Crippen molar-refractivity contribution in [3.8, 4) is 0 Å². The minimum absolute atomic E-state index is 0.230. The fourth-order valence-electron chi connectivity index (χ4n) is 2.33. The quantitative estimate of drug-likeness (QED) is 0.918. The Hall–Kier alpha value is -0.580. The van der Waals surface area contributed by atoms with E-state index >= 15 is 0 Å². The van der Waals surface area contributed by atoms with Gasteiger partial charge < -0.3 is 10.0 Å². The summed E-state index contributed by atoms with van der Waals surface area (Å²) in [6, 6.07) is 2.17. The molecule has 2 heterocycles. The van der Waals surface area contributed by atoms with Crippen molar-refractivity contribution in [3.05, 3.63) is 16.4 Å². The van der Waals surface area contributed by atoms with E-state index in [9.17, 15) is 0 Å². The molecule has 17 heavy (non-hydrogen) atoms. The van der Waals surface area contributed by atoms with Gasteiger partial charge in [-0.3, -0.25) is 0 Å². The highest BCUT2D eigenvalue weighted by Gasteiger charge is 2.26. The second-order valence-electron chi connectivity index (χ2n) is 4.20. The maximum Gasteiger partial charge on any atom is 0.175 e. The summed E-state index contributed by atoms with van der Waals surface area (Å²) in [4.78, 5) is 2.22. The number of aromatic nitrogens is 2. The van der Waals surface area contributed by atoms with Crippen LogP contribution in [0, 0.1) is 0 Å². The second kappa shape index (κ2) is 5.85. The number of aliphatic hydroxyl groups is 1. The van der Waals surface area contributed by atoms with Gasteiger partial charge in [-0.25, -0.2) is 0 Å². The van der Waals surface area contributed by atoms with Crippen LogP contribution in [0.3, 0.4) is 0 Å². The van der Waals surface area contributed by atoms with Crippen molar-refractivity contribution in [2.75, 3.05) is 18.1 Å². The summed E-state index contributed by atoms with van der Waals surface area (Å²) in [7, 11) is 0. The van der Waals surface area contributed by atoms with E-state index in [1.807, 2.05) is 0 Å². The van der Waals surface area contributed by atoms with Crippen LogP contribution in [0.2, 0.25) is 10.3 Å². The summed E-state index contributed by atoms with van der Waals surface area (Å²) in [5.41, 5.74) is 0.854. The summed E-state index contributed by atoms with van der Waals surface area (Å²) >= 11 is 11.9. The molecule has 0 amide bonds. The first-order valence-corrected chi connectivity index (χ1v) is 6.54. The highest BCUT2D eigenvalue weighted by atomic mass is 35.5. The van der Waals surface area contributed by atoms with Crippen LogP contribution in [0.15, 0.2) is 6.07 Å². The Bertz CT molecular complexity index is 389. The number of nitrogens with zero attached hydrogens (tertiary/aromatic N) is 3. The average Bonchev–Trinajstić information content (AvgIpc) is 2.77. The van der Waals surface area contributed by atoms with Crippen LogP contribution in [-0.4, -0.2) is 34.5 Å². The van der Waals surface area contributed by atoms with E-state index in [-0.39, 0.29) is 6.61 Å². The number of hydrogen-bond acceptors (Lipinski definition) is 4. The van der Waals surface area contributed by atoms with E-state index in [2.05, 4.69) is 15.1 Å². The minimum atomic E-state index is 0.230. The lowest BCUT2D eigenvalue weighted by atomic mass is 10.1. The molecule has 6 heteroatoms. The van der Waals surface area contributed by atoms with Crippen LogP contribution in [0.5, 0.6) is 0 Å². The maximum atomic E-state index is 8.89. The Morgan fingerprint density at radius 1 is 1.41 bits per heavy atom. The van der Waals surface area contributed by atoms with Crippen molar-refractivity contribution < 1.29 is 5.11 Å². The van der Waals surface area contributed by atoms with Crippen LogP contribution >= 0.6 is 23.2 Å². The smallest absolute Gasteiger partial charge is 0.175 e. The van der Waals surface area contributed by atoms with Gasteiger partial charge in [-0.2, -0.15) is 0 Å². The van der Waals surface area contributed by atoms with Gasteiger partial charge in [0, 0.05) is 25.3 Å². The van der Waals surface area contributed by atoms with Crippen molar-refractivity contribution in [1.29, 1.82) is 0 Å². The summed E-state index contributed by atoms with van der Waals surface area (Å²) < 4.78 is 0. The predicted octanol–water partition coefficient (Wildman–Crippen LogP) is 2.52. The molecular formula is C11H15Cl2N3O. The second-order valence-corrected chi connectivity index (χ2v) is 4.94. The van der Waals surface area contributed by atoms with Crippen molar-refractivity contribution in [3.63, 3.8) is 0 Å². The van der Waals surface area contributed by atoms with Crippen molar-refractivity contribution in [2.24, 2.45) is 0 Å². The Balaban J connectivity index is 2.16. The van der Waals surface area contributed by atoms with Gasteiger partial charge in [-0.15, -0.1) is 10.2 Å². The number of aliphatic hydroxyl groups excluding tert-OH is 1. The lowest BCUT2D eigenvalue weighted by molar-refractivity contribution is 0.279. The van der Waals surface area contributed by atoms with Crippen molar-refractivity contribution in [2.45, 2.75) is 31.7 Å². The van der Waals surface area contributed by atoms with Gasteiger partial charge >= 0.3 is 0 Å². The van der Waals surface area contributed by atoms with Crippen molar-refractivity contribution in [1.82, 2.24) is 10.2 Å². The monoisotopic (exact) mass is 275 g/mol. The molecule has 1 atom stereocenters. The molecule has 94 valence electrons. The normalized spacial score (nSPS) is 19.9. The molecule has 1 aromatic heterocycles. The zero-order valence-electron chi connectivity index (χ0n) is 9.44. The number of halogens is 2. The molecule has 1 aliphatic heterocycles. The molecule has 0 aromatic carbocycles. The van der Waals surface area contributed by atoms with Gasteiger partial charge in [0.05, 0.1) is 5.69 Å². The predicted molar refractivity (Wildman–Crippen MR) is 68.7 cm³/mol. The molecule has 0 aliphatic carbocycles. The van der Waals surface area contributed by atoms with E-state index in [4.69, 9.17) is 28.3 Å². The van der Waals surface area contributed by atoms with Gasteiger partial charge in [0.2, 0.25) is 0 Å². The summed E-state index contributed by atoms with van der Waals surface area (Å²) in [5, 5.41) is 17.2. The highest BCUT2D eigenvalue weighted by molar-refractivity contribution is 6.33. The van der Waals surface area contributed by atoms with Crippen LogP contribution in [0.4, 0.5) is 5.69 Å². The van der Waals surface area contributed by atoms with E-state index in [0.29, 0.717) is 16.3 Å². The van der Waals surface area contributed by atoms with Gasteiger partial charge in [0.1, 0.15) is 0 Å². The molecule has 0 radical (unpaired) electrons. The molecule has 1 fully saturated rings. The number of anilines is 1. The average molecular weight is 276 g/mol. The standard InChI is InChI=1S/C11H15Cl2N3O/c12-10-7-9(11(13)15-14-10)16-5-1-3-8(16)4-2-6-17/h7-8,17H,1-6H2. The van der Waals surface area contributed by atoms with Crippen LogP contribution in [0.25, 0.3) is 0 Å². The van der Waals surface area contributed by atoms with E-state index in [1.54, 1.807) is 6.07 Å². The Morgan fingerprint density at radius 2 is 2.24 bits per heavy atom. The SMILES string of the molecule is OCCCC1CCCN1c1cc(Cl)nnc1Cl. The number of rotatable bonds is 4. The van der Waals surface area contributed by atoms with E-state index in [0.717, 1.165) is 37.9 Å². The van der Waals surface area contributed by atoms with Gasteiger partial charge in [0.15, 0.2) is 10.3 Å². The molecule has 1 aromatic rings. The zero-order valence-corrected chi connectivity index (χ0v) is 11.0. The first-order valence-electron chi connectivity index (χ1n) is 5.78. The molecule has 1 saturated heterocycles. The Morgan fingerprint density at radius 3 is 3.00 bits per heavy atom. The van der Waals surface area contributed by atoms with Gasteiger partial charge in [-0.05, 0) is 25.7 Å². The van der Waals surface area contributed by atoms with Crippen molar-refractivity contribution >= 4 is 28.9 Å². The highest BCUT2D eigenvalue weighted by Crippen LogP contribution is 2.33. The molecule has 1 N–H and O–H groups in total. The molecule has 1 unspecified atom stereocenters. The van der Waals surface area contributed by atoms with Gasteiger partial charge in [-0.1, -0.05) is 23.2 Å². The summed E-state index contributed by atoms with van der Waals surface area (Å²) in [6.07, 6.45) is 4.03. The van der Waals surface area contributed by atoms with Crippen LogP contribution < -0.4 is 4.90 Å². The summed E-state index contributed by atoms with van der Waals surface area (Å²) in [5.74, 6) is 0. The molecule has 4 nitrogen and oxygen atoms in total. The molecule has 0 bridgehead atoms. The van der Waals surface area contributed by atoms with Crippen LogP contribution in [0.1, 0.15) is 25.7 Å². The third-order valence-corrected chi connectivity index (χ3v) is 3.54. The molecule has 0 spiro atoms. The fraction of sp³-hybridized carbons (Fsp3) is 0.636. The van der Waals surface area contributed by atoms with E-state index < -0.39 is 0 Å². The molecule has 1 aliphatic rings. The first kappa shape index (κ1) is 12.9. The third kappa shape index (κ3) is 3.00. The fourth-order valence-corrected chi connectivity index (χ4v) is 2.67. The first-order chi connectivity index (χ1) is 8.22. The summed E-state index contributed by atoms with van der Waals surface area (Å²) in [6.45, 7) is 1.19. The molecular weight excluding hydrogens is 261 g/mol. The largest absolute Gasteiger partial charge is 0.396 e. The Kier molecular flexibility index (Phi) is 4.42. The Labute approximate surface area is 111 Å². The third-order valence-electron chi connectivity index (χ3n) is 3.08. The topological polar surface area (TPSA) is 49.2 Å². The zero-order chi connectivity index (χ0) is 12.3. The lowest BCUT2D eigenvalue weighted by Crippen LogP contribution is -2.29. The van der Waals surface area contributed by atoms with E-state index in [1.165, 1.54) is 0 Å². The minimum Gasteiger partial charge on any atom is -0.396 e. The van der Waals surface area contributed by atoms with Crippen LogP contribution in [-0.2, 0) is 0 Å². The lowest BCUT2D eigenvalue weighted by Gasteiger charge is -2.27.